The van der Waals surface area contributed by atoms with Gasteiger partial charge in [0.2, 0.25) is 0 Å². The van der Waals surface area contributed by atoms with E-state index in [0.717, 1.165) is 5.56 Å². The van der Waals surface area contributed by atoms with E-state index in [-0.39, 0.29) is 12.1 Å². The number of amides is 1. The second kappa shape index (κ2) is 6.87. The molecule has 0 saturated heterocycles. The van der Waals surface area contributed by atoms with Gasteiger partial charge in [-0.05, 0) is 42.3 Å². The van der Waals surface area contributed by atoms with Crippen LogP contribution in [-0.2, 0) is 16.1 Å². The van der Waals surface area contributed by atoms with Crippen molar-refractivity contribution in [3.8, 4) is 5.75 Å². The number of carbonyl (C=O) groups is 3. The molecule has 1 amide bonds. The van der Waals surface area contributed by atoms with Gasteiger partial charge in [0.1, 0.15) is 5.75 Å². The van der Waals surface area contributed by atoms with Gasteiger partial charge in [0.15, 0.2) is 6.10 Å². The molecule has 0 aliphatic carbocycles. The molecule has 1 atom stereocenters. The van der Waals surface area contributed by atoms with Crippen LogP contribution in [0.2, 0.25) is 0 Å². The minimum absolute atomic E-state index is 0.120. The number of aryl methyl sites for hydroxylation is 1. The molecule has 0 fully saturated rings. The number of hydrogen-bond acceptors (Lipinski definition) is 4. The lowest BCUT2D eigenvalue weighted by Gasteiger charge is -2.34. The number of aromatic carboxylic acids is 1. The largest absolute Gasteiger partial charge is 0.481 e. The van der Waals surface area contributed by atoms with Crippen LogP contribution >= 0.6 is 0 Å². The number of aliphatic carboxylic acids is 1. The molecule has 2 aromatic rings. The zero-order chi connectivity index (χ0) is 18.8. The van der Waals surface area contributed by atoms with Crippen LogP contribution in [0.25, 0.3) is 0 Å². The van der Waals surface area contributed by atoms with Crippen molar-refractivity contribution in [2.24, 2.45) is 0 Å². The van der Waals surface area contributed by atoms with Crippen molar-refractivity contribution in [2.75, 3.05) is 4.90 Å². The van der Waals surface area contributed by atoms with Gasteiger partial charge >= 0.3 is 11.9 Å². The molecule has 2 aromatic carbocycles. The second-order valence-corrected chi connectivity index (χ2v) is 6.11. The van der Waals surface area contributed by atoms with Crippen LogP contribution in [-0.4, -0.2) is 34.2 Å². The average Bonchev–Trinajstić information content (AvgIpc) is 2.59. The molecule has 0 bridgehead atoms. The lowest BCUT2D eigenvalue weighted by molar-refractivity contribution is -0.142. The number of carbonyl (C=O) groups excluding carboxylic acids is 1. The Morgan fingerprint density at radius 1 is 1.15 bits per heavy atom. The lowest BCUT2D eigenvalue weighted by Crippen LogP contribution is -2.46. The molecule has 1 aliphatic heterocycles. The SMILES string of the molecule is Cc1ccc2c(c1)N(Cc1cccc(C(=O)O)c1)C(=O)C(CC(=O)O)O2. The van der Waals surface area contributed by atoms with Crippen molar-refractivity contribution in [3.05, 3.63) is 59.2 Å². The Kier molecular flexibility index (Phi) is 4.62. The maximum absolute atomic E-state index is 12.8. The maximum Gasteiger partial charge on any atom is 0.335 e. The highest BCUT2D eigenvalue weighted by Gasteiger charge is 2.36. The van der Waals surface area contributed by atoms with E-state index in [2.05, 4.69) is 0 Å². The summed E-state index contributed by atoms with van der Waals surface area (Å²) in [4.78, 5) is 36.4. The summed E-state index contributed by atoms with van der Waals surface area (Å²) in [6.45, 7) is 1.99. The first-order valence-electron chi connectivity index (χ1n) is 7.98. The molecule has 134 valence electrons. The van der Waals surface area contributed by atoms with Crippen LogP contribution in [0.1, 0.15) is 27.9 Å². The number of anilines is 1. The fraction of sp³-hybridized carbons (Fsp3) is 0.211. The Morgan fingerprint density at radius 2 is 1.92 bits per heavy atom. The van der Waals surface area contributed by atoms with E-state index >= 15 is 0 Å². The number of hydrogen-bond donors (Lipinski definition) is 2. The Morgan fingerprint density at radius 3 is 2.62 bits per heavy atom. The normalized spacial score (nSPS) is 16.0. The maximum atomic E-state index is 12.8. The highest BCUT2D eigenvalue weighted by molar-refractivity contribution is 6.01. The third-order valence-corrected chi connectivity index (χ3v) is 4.09. The number of fused-ring (bicyclic) bond motifs is 1. The van der Waals surface area contributed by atoms with Crippen LogP contribution in [0.3, 0.4) is 0 Å². The minimum Gasteiger partial charge on any atom is -0.481 e. The zero-order valence-electron chi connectivity index (χ0n) is 14.0. The summed E-state index contributed by atoms with van der Waals surface area (Å²) in [5, 5.41) is 18.2. The predicted octanol–water partition coefficient (Wildman–Crippen LogP) is 2.46. The first-order valence-corrected chi connectivity index (χ1v) is 7.98. The number of benzene rings is 2. The van der Waals surface area contributed by atoms with Crippen LogP contribution in [0.4, 0.5) is 5.69 Å². The van der Waals surface area contributed by atoms with Crippen molar-refractivity contribution in [3.63, 3.8) is 0 Å². The van der Waals surface area contributed by atoms with Crippen molar-refractivity contribution in [1.29, 1.82) is 0 Å². The number of ether oxygens (including phenoxy) is 1. The molecule has 1 aliphatic rings. The molecule has 0 spiro atoms. The Bertz CT molecular complexity index is 891. The van der Waals surface area contributed by atoms with Crippen LogP contribution in [0.5, 0.6) is 5.75 Å². The third kappa shape index (κ3) is 3.51. The summed E-state index contributed by atoms with van der Waals surface area (Å²) in [5.74, 6) is -2.23. The minimum atomic E-state index is -1.13. The summed E-state index contributed by atoms with van der Waals surface area (Å²) < 4.78 is 5.57. The Balaban J connectivity index is 1.99. The number of nitrogens with zero attached hydrogens (tertiary/aromatic N) is 1. The van der Waals surface area contributed by atoms with Crippen LogP contribution in [0, 0.1) is 6.92 Å². The van der Waals surface area contributed by atoms with Crippen LogP contribution in [0.15, 0.2) is 42.5 Å². The van der Waals surface area contributed by atoms with Crippen molar-refractivity contribution in [1.82, 2.24) is 0 Å². The summed E-state index contributed by atoms with van der Waals surface area (Å²) in [6, 6.07) is 11.6. The van der Waals surface area contributed by atoms with Gasteiger partial charge < -0.3 is 19.8 Å². The van der Waals surface area contributed by atoms with E-state index in [4.69, 9.17) is 14.9 Å². The van der Waals surface area contributed by atoms with E-state index in [9.17, 15) is 14.4 Å². The molecule has 2 N–H and O–H groups in total. The Labute approximate surface area is 149 Å². The lowest BCUT2D eigenvalue weighted by atomic mass is 10.1. The predicted molar refractivity (Wildman–Crippen MR) is 92.4 cm³/mol. The molecule has 7 heteroatoms. The standard InChI is InChI=1S/C19H17NO6/c1-11-5-6-15-14(7-11)20(18(23)16(26-15)9-17(21)22)10-12-3-2-4-13(8-12)19(24)25/h2-8,16H,9-10H2,1H3,(H,21,22)(H,24,25). The third-order valence-electron chi connectivity index (χ3n) is 4.09. The molecule has 0 aromatic heterocycles. The van der Waals surface area contributed by atoms with Gasteiger partial charge in [-0.3, -0.25) is 9.59 Å². The molecular weight excluding hydrogens is 338 g/mol. The van der Waals surface area contributed by atoms with E-state index in [1.54, 1.807) is 24.3 Å². The summed E-state index contributed by atoms with van der Waals surface area (Å²) >= 11 is 0. The molecular formula is C19H17NO6. The van der Waals surface area contributed by atoms with Crippen LogP contribution < -0.4 is 9.64 Å². The molecule has 7 nitrogen and oxygen atoms in total. The highest BCUT2D eigenvalue weighted by atomic mass is 16.5. The van der Waals surface area contributed by atoms with E-state index in [0.29, 0.717) is 17.0 Å². The van der Waals surface area contributed by atoms with Gasteiger partial charge in [-0.1, -0.05) is 18.2 Å². The van der Waals surface area contributed by atoms with Crippen molar-refractivity contribution >= 4 is 23.5 Å². The number of carboxylic acid groups (broad SMARTS) is 2. The summed E-state index contributed by atoms with van der Waals surface area (Å²) in [6.07, 6.45) is -1.57. The Hall–Kier alpha value is -3.35. The fourth-order valence-corrected chi connectivity index (χ4v) is 2.87. The molecule has 26 heavy (non-hydrogen) atoms. The fourth-order valence-electron chi connectivity index (χ4n) is 2.87. The van der Waals surface area contributed by atoms with E-state index < -0.39 is 30.4 Å². The van der Waals surface area contributed by atoms with Gasteiger partial charge in [-0.2, -0.15) is 0 Å². The first-order chi connectivity index (χ1) is 12.3. The van der Waals surface area contributed by atoms with Crippen molar-refractivity contribution < 1.29 is 29.3 Å². The molecule has 3 rings (SSSR count). The summed E-state index contributed by atoms with van der Waals surface area (Å²) in [7, 11) is 0. The number of rotatable bonds is 5. The second-order valence-electron chi connectivity index (χ2n) is 6.11. The average molecular weight is 355 g/mol. The van der Waals surface area contributed by atoms with Gasteiger partial charge in [-0.15, -0.1) is 0 Å². The molecule has 1 heterocycles. The zero-order valence-corrected chi connectivity index (χ0v) is 14.0. The van der Waals surface area contributed by atoms with Gasteiger partial charge in [0.25, 0.3) is 5.91 Å². The van der Waals surface area contributed by atoms with Gasteiger partial charge in [-0.25, -0.2) is 4.79 Å². The van der Waals surface area contributed by atoms with Gasteiger partial charge in [0, 0.05) is 0 Å². The first kappa shape index (κ1) is 17.5. The van der Waals surface area contributed by atoms with E-state index in [1.165, 1.54) is 17.0 Å². The van der Waals surface area contributed by atoms with E-state index in [1.807, 2.05) is 13.0 Å². The topological polar surface area (TPSA) is 104 Å². The van der Waals surface area contributed by atoms with Gasteiger partial charge in [0.05, 0.1) is 24.2 Å². The quantitative estimate of drug-likeness (QED) is 0.854. The highest BCUT2D eigenvalue weighted by Crippen LogP contribution is 2.36. The van der Waals surface area contributed by atoms with Crippen molar-refractivity contribution in [2.45, 2.75) is 26.0 Å². The smallest absolute Gasteiger partial charge is 0.335 e. The molecule has 0 radical (unpaired) electrons. The number of carboxylic acids is 2. The molecule has 0 saturated carbocycles. The molecule has 1 unspecified atom stereocenters. The monoisotopic (exact) mass is 355 g/mol. The summed E-state index contributed by atoms with van der Waals surface area (Å²) in [5.41, 5.74) is 2.20.